The lowest BCUT2D eigenvalue weighted by Crippen LogP contribution is -2.54. The van der Waals surface area contributed by atoms with Crippen molar-refractivity contribution in [3.63, 3.8) is 0 Å². The van der Waals surface area contributed by atoms with E-state index >= 15 is 0 Å². The van der Waals surface area contributed by atoms with E-state index in [0.29, 0.717) is 12.8 Å². The van der Waals surface area contributed by atoms with Gasteiger partial charge < -0.3 is 14.5 Å². The molecule has 1 aromatic carbocycles. The Balaban J connectivity index is 2.15. The zero-order valence-electron chi connectivity index (χ0n) is 22.7. The lowest BCUT2D eigenvalue weighted by atomic mass is 9.91. The van der Waals surface area contributed by atoms with Crippen molar-refractivity contribution in [2.45, 2.75) is 110 Å². The highest BCUT2D eigenvalue weighted by Gasteiger charge is 2.45. The van der Waals surface area contributed by atoms with E-state index in [1.807, 2.05) is 6.92 Å². The number of nitrogens with zero attached hydrogens (tertiary/aromatic N) is 2. The van der Waals surface area contributed by atoms with Gasteiger partial charge in [-0.15, -0.1) is 0 Å². The number of carbonyl (C=O) groups is 3. The smallest absolute Gasteiger partial charge is 0.417 e. The molecule has 0 bridgehead atoms. The summed E-state index contributed by atoms with van der Waals surface area (Å²) in [5.74, 6) is -1.86. The minimum atomic E-state index is -4.81. The second kappa shape index (κ2) is 11.0. The molecule has 1 aromatic rings. The maximum atomic E-state index is 14.3. The highest BCUT2D eigenvalue weighted by molar-refractivity contribution is 6.05. The number of amides is 2. The Kier molecular flexibility index (Phi) is 8.64. The molecule has 0 N–H and O–H groups in total. The summed E-state index contributed by atoms with van der Waals surface area (Å²) < 4.78 is 48.6. The summed E-state index contributed by atoms with van der Waals surface area (Å²) in [6.07, 6.45) is 0.574. The highest BCUT2D eigenvalue weighted by atomic mass is 19.4. The van der Waals surface area contributed by atoms with Gasteiger partial charge in [0.1, 0.15) is 11.5 Å². The molecule has 0 unspecified atom stereocenters. The average Bonchev–Trinajstić information content (AvgIpc) is 2.81. The quantitative estimate of drug-likeness (QED) is 0.395. The standard InChI is InChI=1S/C28H39F3N2O4/c1-7-11-23(34)18(4)16-32-22-14-20(25(35)33(17(2)3)19-12-9-8-10-13-19)21(28(29,30)31)15-24(22)37-27(5,6)26(32)36/h14-15,17-19H,7-13,16H2,1-6H3/t18-/m0/s1. The van der Waals surface area contributed by atoms with Gasteiger partial charge in [0.05, 0.1) is 16.8 Å². The van der Waals surface area contributed by atoms with E-state index in [0.717, 1.165) is 44.2 Å². The molecule has 1 fully saturated rings. The Morgan fingerprint density at radius 2 is 1.76 bits per heavy atom. The van der Waals surface area contributed by atoms with Crippen molar-refractivity contribution in [1.82, 2.24) is 4.90 Å². The van der Waals surface area contributed by atoms with Gasteiger partial charge in [0.15, 0.2) is 5.60 Å². The SMILES string of the molecule is CCCC(=O)[C@@H](C)CN1C(=O)C(C)(C)Oc2cc(C(F)(F)F)c(C(=O)N(C(C)C)C3CCCCC3)cc21. The van der Waals surface area contributed by atoms with Crippen LogP contribution < -0.4 is 9.64 Å². The van der Waals surface area contributed by atoms with Crippen molar-refractivity contribution in [2.24, 2.45) is 5.92 Å². The van der Waals surface area contributed by atoms with Gasteiger partial charge in [-0.25, -0.2) is 0 Å². The van der Waals surface area contributed by atoms with Crippen LogP contribution in [-0.4, -0.2) is 46.7 Å². The Bertz CT molecular complexity index is 1030. The summed E-state index contributed by atoms with van der Waals surface area (Å²) in [6, 6.07) is 1.54. The highest BCUT2D eigenvalue weighted by Crippen LogP contribution is 2.45. The number of halogens is 3. The predicted molar refractivity (Wildman–Crippen MR) is 136 cm³/mol. The van der Waals surface area contributed by atoms with Crippen molar-refractivity contribution in [3.8, 4) is 5.75 Å². The summed E-state index contributed by atoms with van der Waals surface area (Å²) in [7, 11) is 0. The molecule has 0 radical (unpaired) electrons. The number of carbonyl (C=O) groups excluding carboxylic acids is 3. The molecule has 0 aromatic heterocycles. The molecular weight excluding hydrogens is 485 g/mol. The largest absolute Gasteiger partial charge is 0.476 e. The van der Waals surface area contributed by atoms with Crippen molar-refractivity contribution < 1.29 is 32.3 Å². The van der Waals surface area contributed by atoms with Gasteiger partial charge in [-0.3, -0.25) is 14.4 Å². The summed E-state index contributed by atoms with van der Waals surface area (Å²) in [5.41, 5.74) is -2.93. The molecule has 0 saturated heterocycles. The van der Waals surface area contributed by atoms with Gasteiger partial charge in [-0.1, -0.05) is 33.1 Å². The molecule has 0 spiro atoms. The lowest BCUT2D eigenvalue weighted by Gasteiger charge is -2.41. The molecule has 9 heteroatoms. The molecule has 1 aliphatic heterocycles. The Hall–Kier alpha value is -2.58. The van der Waals surface area contributed by atoms with Gasteiger partial charge in [0, 0.05) is 31.0 Å². The Labute approximate surface area is 217 Å². The van der Waals surface area contributed by atoms with Crippen LogP contribution in [0.2, 0.25) is 0 Å². The first-order valence-electron chi connectivity index (χ1n) is 13.3. The number of hydrogen-bond acceptors (Lipinski definition) is 4. The predicted octanol–water partition coefficient (Wildman–Crippen LogP) is 6.40. The number of ether oxygens (including phenoxy) is 1. The molecule has 206 valence electrons. The Morgan fingerprint density at radius 1 is 1.14 bits per heavy atom. The first-order valence-corrected chi connectivity index (χ1v) is 13.3. The van der Waals surface area contributed by atoms with Crippen LogP contribution in [0.25, 0.3) is 0 Å². The second-order valence-electron chi connectivity index (χ2n) is 11.1. The van der Waals surface area contributed by atoms with E-state index in [9.17, 15) is 27.6 Å². The minimum absolute atomic E-state index is 0.00697. The van der Waals surface area contributed by atoms with Crippen molar-refractivity contribution in [3.05, 3.63) is 23.3 Å². The van der Waals surface area contributed by atoms with Crippen LogP contribution in [0, 0.1) is 5.92 Å². The fraction of sp³-hybridized carbons (Fsp3) is 0.679. The second-order valence-corrected chi connectivity index (χ2v) is 11.1. The maximum Gasteiger partial charge on any atom is 0.417 e. The van der Waals surface area contributed by atoms with E-state index in [4.69, 9.17) is 4.74 Å². The molecule has 1 heterocycles. The monoisotopic (exact) mass is 524 g/mol. The normalized spacial score (nSPS) is 18.9. The van der Waals surface area contributed by atoms with Gasteiger partial charge in [-0.2, -0.15) is 13.2 Å². The van der Waals surface area contributed by atoms with E-state index in [1.165, 1.54) is 18.7 Å². The number of anilines is 1. The molecule has 37 heavy (non-hydrogen) atoms. The van der Waals surface area contributed by atoms with Crippen molar-refractivity contribution in [2.75, 3.05) is 11.4 Å². The summed E-state index contributed by atoms with van der Waals surface area (Å²) in [4.78, 5) is 42.5. The molecular formula is C28H39F3N2O4. The third kappa shape index (κ3) is 6.12. The number of ketones is 1. The number of fused-ring (bicyclic) bond motifs is 1. The van der Waals surface area contributed by atoms with Crippen LogP contribution in [-0.2, 0) is 15.8 Å². The van der Waals surface area contributed by atoms with Crippen LogP contribution in [0.15, 0.2) is 12.1 Å². The number of hydrogen-bond donors (Lipinski definition) is 0. The van der Waals surface area contributed by atoms with Crippen LogP contribution >= 0.6 is 0 Å². The van der Waals surface area contributed by atoms with Gasteiger partial charge in [0.2, 0.25) is 0 Å². The first kappa shape index (κ1) is 29.0. The van der Waals surface area contributed by atoms with Crippen molar-refractivity contribution >= 4 is 23.3 Å². The number of benzene rings is 1. The van der Waals surface area contributed by atoms with E-state index in [-0.39, 0.29) is 35.8 Å². The van der Waals surface area contributed by atoms with Crippen LogP contribution in [0.3, 0.4) is 0 Å². The molecule has 1 atom stereocenters. The van der Waals surface area contributed by atoms with Crippen LogP contribution in [0.4, 0.5) is 18.9 Å². The van der Waals surface area contributed by atoms with E-state index < -0.39 is 40.6 Å². The first-order chi connectivity index (χ1) is 17.2. The third-order valence-electron chi connectivity index (χ3n) is 7.31. The molecule has 3 rings (SSSR count). The summed E-state index contributed by atoms with van der Waals surface area (Å²) >= 11 is 0. The van der Waals surface area contributed by atoms with E-state index in [1.54, 1.807) is 25.7 Å². The molecule has 2 aliphatic rings. The number of rotatable bonds is 8. The molecule has 1 aliphatic carbocycles. The molecule has 2 amide bonds. The van der Waals surface area contributed by atoms with Crippen molar-refractivity contribution in [1.29, 1.82) is 0 Å². The Morgan fingerprint density at radius 3 is 2.30 bits per heavy atom. The fourth-order valence-corrected chi connectivity index (χ4v) is 5.40. The third-order valence-corrected chi connectivity index (χ3v) is 7.31. The average molecular weight is 525 g/mol. The summed E-state index contributed by atoms with van der Waals surface area (Å²) in [6.45, 7) is 10.2. The topological polar surface area (TPSA) is 66.9 Å². The molecule has 6 nitrogen and oxygen atoms in total. The van der Waals surface area contributed by atoms with Crippen LogP contribution in [0.5, 0.6) is 5.75 Å². The summed E-state index contributed by atoms with van der Waals surface area (Å²) in [5, 5.41) is 0. The van der Waals surface area contributed by atoms with Crippen LogP contribution in [0.1, 0.15) is 102 Å². The zero-order valence-corrected chi connectivity index (χ0v) is 22.7. The van der Waals surface area contributed by atoms with E-state index in [2.05, 4.69) is 0 Å². The maximum absolute atomic E-state index is 14.3. The van der Waals surface area contributed by atoms with Gasteiger partial charge in [0.25, 0.3) is 11.8 Å². The van der Waals surface area contributed by atoms with Gasteiger partial charge >= 0.3 is 6.18 Å². The molecule has 1 saturated carbocycles. The zero-order chi connectivity index (χ0) is 27.7. The number of Topliss-reactive ketones (excluding diaryl/α,β-unsaturated/α-hetero) is 1. The minimum Gasteiger partial charge on any atom is -0.476 e. The fourth-order valence-electron chi connectivity index (χ4n) is 5.40. The lowest BCUT2D eigenvalue weighted by molar-refractivity contribution is -0.138. The van der Waals surface area contributed by atoms with Gasteiger partial charge in [-0.05, 0) is 59.1 Å². The number of alkyl halides is 3.